The van der Waals surface area contributed by atoms with Gasteiger partial charge < -0.3 is 5.32 Å². The third-order valence-electron chi connectivity index (χ3n) is 3.59. The Hall–Kier alpha value is -2.49. The van der Waals surface area contributed by atoms with Gasteiger partial charge in [0.25, 0.3) is 0 Å². The number of nitrogens with one attached hydrogen (secondary N) is 1. The predicted octanol–water partition coefficient (Wildman–Crippen LogP) is 5.45. The van der Waals surface area contributed by atoms with Gasteiger partial charge >= 0.3 is 0 Å². The van der Waals surface area contributed by atoms with Crippen LogP contribution in [0.5, 0.6) is 0 Å². The molecule has 0 bridgehead atoms. The molecule has 0 saturated heterocycles. The molecule has 136 valence electrons. The normalized spacial score (nSPS) is 10.9. The first kappa shape index (κ1) is 17.9. The monoisotopic (exact) mass is 419 g/mol. The summed E-state index contributed by atoms with van der Waals surface area (Å²) in [5, 5.41) is 9.53. The smallest absolute Gasteiger partial charge is 0.232 e. The molecule has 1 aromatic carbocycles. The van der Waals surface area contributed by atoms with E-state index in [1.165, 1.54) is 28.7 Å². The molecule has 1 N–H and O–H groups in total. The second-order valence-corrected chi connectivity index (χ2v) is 8.18. The molecule has 4 aromatic rings. The van der Waals surface area contributed by atoms with Crippen molar-refractivity contribution < 1.29 is 13.6 Å². The average Bonchev–Trinajstić information content (AvgIpc) is 3.38. The van der Waals surface area contributed by atoms with Crippen LogP contribution in [0.1, 0.15) is 5.69 Å². The number of hydrogen-bond donors (Lipinski definition) is 1. The Bertz CT molecular complexity index is 1090. The van der Waals surface area contributed by atoms with Crippen molar-refractivity contribution in [1.82, 2.24) is 9.97 Å². The fourth-order valence-corrected chi connectivity index (χ4v) is 4.72. The summed E-state index contributed by atoms with van der Waals surface area (Å²) in [6.07, 6.45) is 0.141. The second-order valence-electron chi connectivity index (χ2n) is 5.51. The van der Waals surface area contributed by atoms with Gasteiger partial charge in [0.15, 0.2) is 16.8 Å². The Labute approximate surface area is 165 Å². The molecule has 9 heteroatoms. The zero-order valence-corrected chi connectivity index (χ0v) is 16.1. The Morgan fingerprint density at radius 3 is 2.70 bits per heavy atom. The minimum Gasteiger partial charge on any atom is -0.302 e. The lowest BCUT2D eigenvalue weighted by atomic mass is 10.2. The number of amides is 1. The Kier molecular flexibility index (Phi) is 5.06. The van der Waals surface area contributed by atoms with Crippen LogP contribution in [0.25, 0.3) is 21.1 Å². The SMILES string of the molecule is O=C(Cc1csc(-c2cccs2)n1)Nc1nc(-c2ccc(F)c(F)c2)cs1. The highest BCUT2D eigenvalue weighted by Gasteiger charge is 2.13. The second kappa shape index (κ2) is 7.63. The van der Waals surface area contributed by atoms with Crippen LogP contribution in [0.15, 0.2) is 46.5 Å². The van der Waals surface area contributed by atoms with E-state index in [4.69, 9.17) is 0 Å². The zero-order chi connectivity index (χ0) is 18.8. The van der Waals surface area contributed by atoms with E-state index in [0.717, 1.165) is 22.0 Å². The number of thiophene rings is 1. The van der Waals surface area contributed by atoms with Gasteiger partial charge in [-0.3, -0.25) is 4.79 Å². The van der Waals surface area contributed by atoms with Gasteiger partial charge in [0.05, 0.1) is 22.7 Å². The Balaban J connectivity index is 1.41. The largest absolute Gasteiger partial charge is 0.302 e. The van der Waals surface area contributed by atoms with Crippen molar-refractivity contribution in [2.45, 2.75) is 6.42 Å². The summed E-state index contributed by atoms with van der Waals surface area (Å²) in [7, 11) is 0. The fraction of sp³-hybridized carbons (Fsp3) is 0.0556. The molecule has 0 aliphatic carbocycles. The maximum absolute atomic E-state index is 13.4. The number of carbonyl (C=O) groups excluding carboxylic acids is 1. The van der Waals surface area contributed by atoms with Gasteiger partial charge in [0.2, 0.25) is 5.91 Å². The van der Waals surface area contributed by atoms with E-state index in [0.29, 0.717) is 22.1 Å². The summed E-state index contributed by atoms with van der Waals surface area (Å²) in [5.74, 6) is -2.08. The van der Waals surface area contributed by atoms with Gasteiger partial charge in [0, 0.05) is 16.3 Å². The van der Waals surface area contributed by atoms with Crippen LogP contribution >= 0.6 is 34.0 Å². The Morgan fingerprint density at radius 2 is 1.93 bits per heavy atom. The minimum absolute atomic E-state index is 0.141. The van der Waals surface area contributed by atoms with Crippen LogP contribution in [0, 0.1) is 11.6 Å². The van der Waals surface area contributed by atoms with E-state index in [1.807, 2.05) is 22.9 Å². The number of halogens is 2. The van der Waals surface area contributed by atoms with Gasteiger partial charge in [0.1, 0.15) is 5.01 Å². The third kappa shape index (κ3) is 4.10. The number of rotatable bonds is 5. The molecule has 3 heterocycles. The van der Waals surface area contributed by atoms with Crippen molar-refractivity contribution in [3.8, 4) is 21.1 Å². The van der Waals surface area contributed by atoms with Crippen LogP contribution in [0.4, 0.5) is 13.9 Å². The molecule has 0 radical (unpaired) electrons. The highest BCUT2D eigenvalue weighted by atomic mass is 32.1. The van der Waals surface area contributed by atoms with Crippen LogP contribution in [-0.4, -0.2) is 15.9 Å². The van der Waals surface area contributed by atoms with Crippen LogP contribution in [0.2, 0.25) is 0 Å². The molecule has 0 fully saturated rings. The first-order valence-electron chi connectivity index (χ1n) is 7.77. The lowest BCUT2D eigenvalue weighted by molar-refractivity contribution is -0.115. The van der Waals surface area contributed by atoms with E-state index in [2.05, 4.69) is 15.3 Å². The van der Waals surface area contributed by atoms with Crippen molar-refractivity contribution in [3.63, 3.8) is 0 Å². The fourth-order valence-electron chi connectivity index (χ4n) is 2.35. The highest BCUT2D eigenvalue weighted by molar-refractivity contribution is 7.20. The van der Waals surface area contributed by atoms with Gasteiger partial charge in [-0.1, -0.05) is 6.07 Å². The lowest BCUT2D eigenvalue weighted by Gasteiger charge is -2.00. The number of carbonyl (C=O) groups is 1. The number of anilines is 1. The lowest BCUT2D eigenvalue weighted by Crippen LogP contribution is -2.14. The molecule has 1 amide bonds. The van der Waals surface area contributed by atoms with Crippen LogP contribution in [0.3, 0.4) is 0 Å². The summed E-state index contributed by atoms with van der Waals surface area (Å²) >= 11 is 4.32. The molecule has 0 aliphatic heterocycles. The maximum atomic E-state index is 13.4. The average molecular weight is 420 g/mol. The summed E-state index contributed by atoms with van der Waals surface area (Å²) in [4.78, 5) is 22.0. The molecule has 3 aromatic heterocycles. The zero-order valence-electron chi connectivity index (χ0n) is 13.6. The molecule has 27 heavy (non-hydrogen) atoms. The first-order valence-corrected chi connectivity index (χ1v) is 10.4. The van der Waals surface area contributed by atoms with E-state index >= 15 is 0 Å². The van der Waals surface area contributed by atoms with Crippen molar-refractivity contribution in [3.05, 3.63) is 63.8 Å². The van der Waals surface area contributed by atoms with Crippen molar-refractivity contribution >= 4 is 45.0 Å². The number of aromatic nitrogens is 2. The van der Waals surface area contributed by atoms with Crippen molar-refractivity contribution in [2.75, 3.05) is 5.32 Å². The Morgan fingerprint density at radius 1 is 1.04 bits per heavy atom. The third-order valence-corrected chi connectivity index (χ3v) is 6.28. The standard InChI is InChI=1S/C18H11F2N3OS3/c19-12-4-3-10(6-13(12)20)14-9-27-18(22-14)23-16(24)7-11-8-26-17(21-11)15-2-1-5-25-15/h1-6,8-9H,7H2,(H,22,23,24). The number of hydrogen-bond acceptors (Lipinski definition) is 6. The quantitative estimate of drug-likeness (QED) is 0.468. The summed E-state index contributed by atoms with van der Waals surface area (Å²) < 4.78 is 26.4. The van der Waals surface area contributed by atoms with Gasteiger partial charge in [-0.15, -0.1) is 34.0 Å². The topological polar surface area (TPSA) is 54.9 Å². The summed E-state index contributed by atoms with van der Waals surface area (Å²) in [6, 6.07) is 7.52. The molecule has 0 spiro atoms. The maximum Gasteiger partial charge on any atom is 0.232 e. The summed E-state index contributed by atoms with van der Waals surface area (Å²) in [5.41, 5.74) is 1.62. The van der Waals surface area contributed by atoms with Gasteiger partial charge in [-0.2, -0.15) is 0 Å². The molecular weight excluding hydrogens is 408 g/mol. The first-order chi connectivity index (χ1) is 13.1. The molecule has 0 saturated carbocycles. The number of benzene rings is 1. The number of thiazole rings is 2. The van der Waals surface area contributed by atoms with Gasteiger partial charge in [-0.05, 0) is 29.6 Å². The highest BCUT2D eigenvalue weighted by Crippen LogP contribution is 2.29. The number of nitrogens with zero attached hydrogens (tertiary/aromatic N) is 2. The molecule has 0 aliphatic rings. The van der Waals surface area contributed by atoms with Crippen molar-refractivity contribution in [2.24, 2.45) is 0 Å². The van der Waals surface area contributed by atoms with Crippen molar-refractivity contribution in [1.29, 1.82) is 0 Å². The molecule has 4 nitrogen and oxygen atoms in total. The molecule has 0 unspecified atom stereocenters. The minimum atomic E-state index is -0.934. The van der Waals surface area contributed by atoms with Crippen LogP contribution in [-0.2, 0) is 11.2 Å². The van der Waals surface area contributed by atoms with E-state index in [-0.39, 0.29) is 12.3 Å². The molecule has 4 rings (SSSR count). The van der Waals surface area contributed by atoms with E-state index < -0.39 is 11.6 Å². The summed E-state index contributed by atoms with van der Waals surface area (Å²) in [6.45, 7) is 0. The van der Waals surface area contributed by atoms with E-state index in [1.54, 1.807) is 16.7 Å². The van der Waals surface area contributed by atoms with E-state index in [9.17, 15) is 13.6 Å². The molecule has 0 atom stereocenters. The molecular formula is C18H11F2N3OS3. The van der Waals surface area contributed by atoms with Gasteiger partial charge in [-0.25, -0.2) is 18.7 Å². The van der Waals surface area contributed by atoms with Crippen LogP contribution < -0.4 is 5.32 Å². The predicted molar refractivity (Wildman–Crippen MR) is 105 cm³/mol.